The summed E-state index contributed by atoms with van der Waals surface area (Å²) in [6, 6.07) is 15.1. The second-order valence-electron chi connectivity index (χ2n) is 7.36. The number of hydrogen-bond acceptors (Lipinski definition) is 5. The van der Waals surface area contributed by atoms with Crippen molar-refractivity contribution < 1.29 is 19.1 Å². The Hall–Kier alpha value is -3.23. The number of aromatic carboxylic acids is 1. The third-order valence-electron chi connectivity index (χ3n) is 5.24. The van der Waals surface area contributed by atoms with E-state index < -0.39 is 5.97 Å². The number of benzene rings is 2. The molecule has 3 aromatic rings. The Balaban J connectivity index is 1.43. The maximum absolute atomic E-state index is 13.4. The number of thiophene rings is 1. The van der Waals surface area contributed by atoms with Crippen molar-refractivity contribution in [3.63, 3.8) is 0 Å². The van der Waals surface area contributed by atoms with E-state index in [1.54, 1.807) is 30.3 Å². The molecule has 8 heteroatoms. The zero-order valence-corrected chi connectivity index (χ0v) is 17.6. The standard InChI is InChI=1S/C23H22FN3O3S/c24-17-4-1-3-16(13-17)15-26-8-10-27(11-9-26)20-7-6-18(14-19(20)23(29)30)25-22(28)21-5-2-12-31-21/h1-7,12-14H,8-11,15H2,(H,25,28)(H,29,30). The molecule has 6 nitrogen and oxygen atoms in total. The molecule has 4 rings (SSSR count). The molecule has 1 saturated heterocycles. The summed E-state index contributed by atoms with van der Waals surface area (Å²) in [5.41, 5.74) is 2.16. The first-order valence-electron chi connectivity index (χ1n) is 9.93. The molecule has 0 saturated carbocycles. The van der Waals surface area contributed by atoms with Crippen molar-refractivity contribution in [2.45, 2.75) is 6.54 Å². The normalized spacial score (nSPS) is 14.4. The summed E-state index contributed by atoms with van der Waals surface area (Å²) < 4.78 is 13.4. The molecule has 1 aromatic heterocycles. The van der Waals surface area contributed by atoms with Crippen molar-refractivity contribution in [2.24, 2.45) is 0 Å². The maximum Gasteiger partial charge on any atom is 0.337 e. The van der Waals surface area contributed by atoms with Crippen molar-refractivity contribution in [1.82, 2.24) is 4.90 Å². The lowest BCUT2D eigenvalue weighted by atomic mass is 10.1. The molecule has 0 unspecified atom stereocenters. The van der Waals surface area contributed by atoms with Crippen LogP contribution in [0.4, 0.5) is 15.8 Å². The highest BCUT2D eigenvalue weighted by atomic mass is 32.1. The van der Waals surface area contributed by atoms with E-state index in [0.717, 1.165) is 18.7 Å². The van der Waals surface area contributed by atoms with Crippen molar-refractivity contribution in [2.75, 3.05) is 36.4 Å². The van der Waals surface area contributed by atoms with Gasteiger partial charge in [0.15, 0.2) is 0 Å². The third-order valence-corrected chi connectivity index (χ3v) is 6.11. The van der Waals surface area contributed by atoms with Gasteiger partial charge in [0.25, 0.3) is 5.91 Å². The Morgan fingerprint density at radius 3 is 2.52 bits per heavy atom. The Morgan fingerprint density at radius 1 is 1.03 bits per heavy atom. The molecular formula is C23H22FN3O3S. The van der Waals surface area contributed by atoms with Gasteiger partial charge in [0.1, 0.15) is 5.82 Å². The Labute approximate surface area is 183 Å². The minimum Gasteiger partial charge on any atom is -0.478 e. The monoisotopic (exact) mass is 439 g/mol. The quantitative estimate of drug-likeness (QED) is 0.603. The van der Waals surface area contributed by atoms with Crippen LogP contribution in [0.25, 0.3) is 0 Å². The molecule has 1 amide bonds. The molecule has 2 heterocycles. The maximum atomic E-state index is 13.4. The molecule has 1 aliphatic rings. The van der Waals surface area contributed by atoms with Gasteiger partial charge in [0.05, 0.1) is 16.1 Å². The number of piperazine rings is 1. The van der Waals surface area contributed by atoms with Crippen LogP contribution < -0.4 is 10.2 Å². The SMILES string of the molecule is O=C(Nc1ccc(N2CCN(Cc3cccc(F)c3)CC2)c(C(=O)O)c1)c1cccs1. The summed E-state index contributed by atoms with van der Waals surface area (Å²) in [6.07, 6.45) is 0. The number of hydrogen-bond donors (Lipinski definition) is 2. The summed E-state index contributed by atoms with van der Waals surface area (Å²) >= 11 is 1.33. The van der Waals surface area contributed by atoms with Gasteiger partial charge in [-0.3, -0.25) is 9.69 Å². The molecule has 1 aliphatic heterocycles. The highest BCUT2D eigenvalue weighted by molar-refractivity contribution is 7.12. The van der Waals surface area contributed by atoms with E-state index in [-0.39, 0.29) is 17.3 Å². The average Bonchev–Trinajstić information content (AvgIpc) is 3.29. The number of nitrogens with zero attached hydrogens (tertiary/aromatic N) is 2. The Bertz CT molecular complexity index is 1080. The second-order valence-corrected chi connectivity index (χ2v) is 8.31. The fraction of sp³-hybridized carbons (Fsp3) is 0.217. The molecule has 2 N–H and O–H groups in total. The molecular weight excluding hydrogens is 417 g/mol. The van der Waals surface area contributed by atoms with E-state index in [1.165, 1.54) is 29.5 Å². The molecule has 2 aromatic carbocycles. The van der Waals surface area contributed by atoms with Gasteiger partial charge in [0, 0.05) is 38.4 Å². The zero-order chi connectivity index (χ0) is 21.8. The smallest absolute Gasteiger partial charge is 0.337 e. The number of carboxylic acids is 1. The van der Waals surface area contributed by atoms with Crippen LogP contribution in [0.2, 0.25) is 0 Å². The highest BCUT2D eigenvalue weighted by Gasteiger charge is 2.22. The minimum atomic E-state index is -1.04. The predicted octanol–water partition coefficient (Wildman–Crippen LogP) is 4.16. The van der Waals surface area contributed by atoms with Gasteiger partial charge in [-0.05, 0) is 47.3 Å². The largest absolute Gasteiger partial charge is 0.478 e. The van der Waals surface area contributed by atoms with Gasteiger partial charge in [-0.25, -0.2) is 9.18 Å². The summed E-state index contributed by atoms with van der Waals surface area (Å²) in [5, 5.41) is 14.3. The first-order valence-corrected chi connectivity index (χ1v) is 10.8. The molecule has 0 spiro atoms. The van der Waals surface area contributed by atoms with Gasteiger partial charge < -0.3 is 15.3 Å². The molecule has 0 aliphatic carbocycles. The average molecular weight is 440 g/mol. The number of amides is 1. The van der Waals surface area contributed by atoms with E-state index in [9.17, 15) is 19.1 Å². The molecule has 31 heavy (non-hydrogen) atoms. The number of carbonyl (C=O) groups excluding carboxylic acids is 1. The molecule has 0 bridgehead atoms. The summed E-state index contributed by atoms with van der Waals surface area (Å²) in [6.45, 7) is 3.47. The Kier molecular flexibility index (Phi) is 6.29. The fourth-order valence-electron chi connectivity index (χ4n) is 3.70. The van der Waals surface area contributed by atoms with Gasteiger partial charge in [-0.1, -0.05) is 18.2 Å². The fourth-order valence-corrected chi connectivity index (χ4v) is 4.32. The molecule has 0 atom stereocenters. The lowest BCUT2D eigenvalue weighted by Gasteiger charge is -2.36. The minimum absolute atomic E-state index is 0.155. The lowest BCUT2D eigenvalue weighted by Crippen LogP contribution is -2.46. The van der Waals surface area contributed by atoms with Crippen LogP contribution in [-0.2, 0) is 6.54 Å². The van der Waals surface area contributed by atoms with Gasteiger partial charge in [0.2, 0.25) is 0 Å². The van der Waals surface area contributed by atoms with E-state index in [2.05, 4.69) is 10.2 Å². The zero-order valence-electron chi connectivity index (χ0n) is 16.8. The molecule has 0 radical (unpaired) electrons. The number of carbonyl (C=O) groups is 2. The van der Waals surface area contributed by atoms with Crippen LogP contribution in [0.5, 0.6) is 0 Å². The summed E-state index contributed by atoms with van der Waals surface area (Å²) in [5.74, 6) is -1.54. The third kappa shape index (κ3) is 5.10. The van der Waals surface area contributed by atoms with Crippen molar-refractivity contribution >= 4 is 34.6 Å². The number of carboxylic acid groups (broad SMARTS) is 1. The highest BCUT2D eigenvalue weighted by Crippen LogP contribution is 2.26. The van der Waals surface area contributed by atoms with Gasteiger partial charge >= 0.3 is 5.97 Å². The van der Waals surface area contributed by atoms with Gasteiger partial charge in [-0.15, -0.1) is 11.3 Å². The number of nitrogens with one attached hydrogen (secondary N) is 1. The van der Waals surface area contributed by atoms with Crippen molar-refractivity contribution in [3.05, 3.63) is 81.8 Å². The van der Waals surface area contributed by atoms with Crippen LogP contribution in [-0.4, -0.2) is 48.1 Å². The van der Waals surface area contributed by atoms with Crippen LogP contribution in [0, 0.1) is 5.82 Å². The second kappa shape index (κ2) is 9.28. The van der Waals surface area contributed by atoms with Crippen LogP contribution >= 0.6 is 11.3 Å². The van der Waals surface area contributed by atoms with E-state index >= 15 is 0 Å². The number of rotatable bonds is 6. The summed E-state index contributed by atoms with van der Waals surface area (Å²) in [7, 11) is 0. The van der Waals surface area contributed by atoms with E-state index in [0.29, 0.717) is 35.9 Å². The first kappa shape index (κ1) is 21.0. The van der Waals surface area contributed by atoms with E-state index in [4.69, 9.17) is 0 Å². The van der Waals surface area contributed by atoms with Crippen LogP contribution in [0.1, 0.15) is 25.6 Å². The predicted molar refractivity (Wildman–Crippen MR) is 120 cm³/mol. The Morgan fingerprint density at radius 2 is 1.84 bits per heavy atom. The topological polar surface area (TPSA) is 72.9 Å². The molecule has 160 valence electrons. The lowest BCUT2D eigenvalue weighted by molar-refractivity contribution is 0.0697. The number of halogens is 1. The first-order chi connectivity index (χ1) is 15.0. The number of anilines is 2. The van der Waals surface area contributed by atoms with Crippen molar-refractivity contribution in [3.8, 4) is 0 Å². The van der Waals surface area contributed by atoms with E-state index in [1.807, 2.05) is 16.3 Å². The molecule has 1 fully saturated rings. The van der Waals surface area contributed by atoms with Crippen LogP contribution in [0.3, 0.4) is 0 Å². The van der Waals surface area contributed by atoms with Gasteiger partial charge in [-0.2, -0.15) is 0 Å². The van der Waals surface area contributed by atoms with Crippen molar-refractivity contribution in [1.29, 1.82) is 0 Å². The van der Waals surface area contributed by atoms with Crippen LogP contribution in [0.15, 0.2) is 60.0 Å². The summed E-state index contributed by atoms with van der Waals surface area (Å²) in [4.78, 5) is 29.0.